The molecule has 1 aromatic rings. The van der Waals surface area contributed by atoms with Crippen molar-refractivity contribution in [2.45, 2.75) is 212 Å². The van der Waals surface area contributed by atoms with Gasteiger partial charge in [-0.25, -0.2) is 9.78 Å². The summed E-state index contributed by atoms with van der Waals surface area (Å²) in [6.45, 7) is 16.3. The second kappa shape index (κ2) is 36.3. The Morgan fingerprint density at radius 3 is 1.70 bits per heavy atom. The second-order valence-electron chi connectivity index (χ2n) is 23.0. The van der Waals surface area contributed by atoms with Crippen LogP contribution in [0.3, 0.4) is 0 Å². The summed E-state index contributed by atoms with van der Waals surface area (Å²) in [4.78, 5) is 183. The standard InChI is InChI=1S/C55H94N16O15/c1-11-29(8)44(53(83)67-37(21-26(2)3)54(84)71-20-14-16-38(71)50(80)64-33(15-12-13-19-56)46(76)69-43(28(6)7)55(85)86)70-47(77)34(17-18-39(57)73)63-49(79)35(22-32-24-60-25-61-32)65-45(75)30(9)62-48(78)36(23-40(58)74)66-52(82)42(27(4)5)68-51(81)41(59)31(10)72/h24-31,33-38,41-44,72H,11-23,56,59H2,1-10H3,(H2,57,73)(H2,58,74)(H,60,61)(H,62,78)(H,63,79)(H,64,80)(H,65,75)(H,66,82)(H,67,83)(H,68,81)(H,69,76)(H,70,77)(H,85,86)/t29-,30-,31+,33-,34-,35-,36-,37-,38-,41-,42-,43-,44-/m0/s1. The molecule has 0 bridgehead atoms. The number of carbonyl (C=O) groups excluding carboxylic acids is 12. The van der Waals surface area contributed by atoms with Gasteiger partial charge in [0, 0.05) is 31.3 Å². The Kier molecular flexibility index (Phi) is 31.3. The molecule has 2 heterocycles. The number of aliphatic carboxylic acids is 1. The summed E-state index contributed by atoms with van der Waals surface area (Å²) in [6.07, 6.45) is 1.53. The van der Waals surface area contributed by atoms with Gasteiger partial charge in [0.05, 0.1) is 18.9 Å². The number of carboxylic acids is 1. The van der Waals surface area contributed by atoms with Crippen LogP contribution in [0.15, 0.2) is 12.5 Å². The number of hydrogen-bond donors (Lipinski definition) is 16. The summed E-state index contributed by atoms with van der Waals surface area (Å²) in [7, 11) is 0. The Bertz CT molecular complexity index is 2490. The molecule has 31 nitrogen and oxygen atoms in total. The van der Waals surface area contributed by atoms with Gasteiger partial charge in [-0.3, -0.25) is 57.5 Å². The van der Waals surface area contributed by atoms with Gasteiger partial charge in [0.2, 0.25) is 70.9 Å². The molecule has 0 spiro atoms. The largest absolute Gasteiger partial charge is 0.480 e. The van der Waals surface area contributed by atoms with Crippen molar-refractivity contribution in [3.05, 3.63) is 18.2 Å². The fraction of sp³-hybridized carbons (Fsp3) is 0.709. The Morgan fingerprint density at radius 2 is 1.17 bits per heavy atom. The second-order valence-corrected chi connectivity index (χ2v) is 23.0. The number of nitrogens with two attached hydrogens (primary N) is 4. The molecule has 12 amide bonds. The maximum Gasteiger partial charge on any atom is 0.326 e. The first-order chi connectivity index (χ1) is 40.2. The van der Waals surface area contributed by atoms with Crippen LogP contribution in [0.4, 0.5) is 0 Å². The number of aliphatic hydroxyl groups is 1. The zero-order chi connectivity index (χ0) is 65.3. The fourth-order valence-corrected chi connectivity index (χ4v) is 9.22. The Balaban J connectivity index is 2.42. The number of aliphatic hydroxyl groups excluding tert-OH is 1. The van der Waals surface area contributed by atoms with E-state index in [2.05, 4.69) is 57.8 Å². The van der Waals surface area contributed by atoms with Crippen molar-refractivity contribution >= 4 is 76.9 Å². The summed E-state index contributed by atoms with van der Waals surface area (Å²) in [5, 5.41) is 42.4. The van der Waals surface area contributed by atoms with Gasteiger partial charge in [-0.05, 0) is 89.0 Å². The maximum atomic E-state index is 14.6. The third-order valence-corrected chi connectivity index (χ3v) is 14.5. The molecule has 0 aromatic carbocycles. The van der Waals surface area contributed by atoms with Crippen molar-refractivity contribution in [1.82, 2.24) is 62.7 Å². The molecule has 0 aliphatic carbocycles. The molecular formula is C55H94N16O15. The van der Waals surface area contributed by atoms with Gasteiger partial charge in [0.25, 0.3) is 0 Å². The minimum absolute atomic E-state index is 0.0851. The van der Waals surface area contributed by atoms with E-state index in [4.69, 9.17) is 22.9 Å². The first-order valence-corrected chi connectivity index (χ1v) is 29.2. The summed E-state index contributed by atoms with van der Waals surface area (Å²) in [5.41, 5.74) is 22.6. The third kappa shape index (κ3) is 24.3. The van der Waals surface area contributed by atoms with Gasteiger partial charge in [-0.15, -0.1) is 0 Å². The van der Waals surface area contributed by atoms with E-state index in [-0.39, 0.29) is 38.1 Å². The summed E-state index contributed by atoms with van der Waals surface area (Å²) < 4.78 is 0. The molecule has 1 fully saturated rings. The number of nitrogens with one attached hydrogen (secondary N) is 10. The van der Waals surface area contributed by atoms with Gasteiger partial charge < -0.3 is 90.9 Å². The highest BCUT2D eigenvalue weighted by Crippen LogP contribution is 2.22. The van der Waals surface area contributed by atoms with Gasteiger partial charge in [0.15, 0.2) is 0 Å². The highest BCUT2D eigenvalue weighted by molar-refractivity contribution is 6.00. The smallest absolute Gasteiger partial charge is 0.326 e. The summed E-state index contributed by atoms with van der Waals surface area (Å²) in [5.74, 6) is -13.7. The zero-order valence-electron chi connectivity index (χ0n) is 51.0. The molecule has 484 valence electrons. The minimum atomic E-state index is -1.68. The van der Waals surface area contributed by atoms with Crippen molar-refractivity contribution in [3.63, 3.8) is 0 Å². The average Bonchev–Trinajstić information content (AvgIpc) is 2.48. The van der Waals surface area contributed by atoms with E-state index in [9.17, 15) is 72.5 Å². The van der Waals surface area contributed by atoms with Crippen LogP contribution >= 0.6 is 0 Å². The number of carbonyl (C=O) groups is 13. The Morgan fingerprint density at radius 1 is 0.640 bits per heavy atom. The van der Waals surface area contributed by atoms with E-state index in [1.807, 2.05) is 13.8 Å². The molecule has 13 atom stereocenters. The van der Waals surface area contributed by atoms with E-state index < -0.39 is 186 Å². The van der Waals surface area contributed by atoms with Gasteiger partial charge in [-0.1, -0.05) is 61.8 Å². The number of aromatic amines is 1. The molecule has 20 N–H and O–H groups in total. The van der Waals surface area contributed by atoms with Gasteiger partial charge in [-0.2, -0.15) is 0 Å². The first-order valence-electron chi connectivity index (χ1n) is 29.2. The van der Waals surface area contributed by atoms with Crippen LogP contribution in [0.1, 0.15) is 139 Å². The number of imidazole rings is 1. The van der Waals surface area contributed by atoms with Gasteiger partial charge in [0.1, 0.15) is 66.5 Å². The monoisotopic (exact) mass is 1220 g/mol. The van der Waals surface area contributed by atoms with Gasteiger partial charge >= 0.3 is 5.97 Å². The lowest BCUT2D eigenvalue weighted by Crippen LogP contribution is -2.61. The normalized spacial score (nSPS) is 17.3. The van der Waals surface area contributed by atoms with E-state index in [0.717, 1.165) is 0 Å². The number of carboxylic acid groups (broad SMARTS) is 1. The van der Waals surface area contributed by atoms with Crippen LogP contribution < -0.4 is 70.8 Å². The van der Waals surface area contributed by atoms with Crippen molar-refractivity contribution in [2.75, 3.05) is 13.1 Å². The molecular weight excluding hydrogens is 1120 g/mol. The van der Waals surface area contributed by atoms with Crippen molar-refractivity contribution < 1.29 is 72.5 Å². The highest BCUT2D eigenvalue weighted by Gasteiger charge is 2.42. The minimum Gasteiger partial charge on any atom is -0.480 e. The van der Waals surface area contributed by atoms with Crippen molar-refractivity contribution in [1.29, 1.82) is 0 Å². The van der Waals surface area contributed by atoms with E-state index in [1.54, 1.807) is 41.5 Å². The molecule has 1 aromatic heterocycles. The highest BCUT2D eigenvalue weighted by atomic mass is 16.4. The predicted octanol–water partition coefficient (Wildman–Crippen LogP) is -4.21. The fourth-order valence-electron chi connectivity index (χ4n) is 9.22. The molecule has 1 saturated heterocycles. The number of hydrogen-bond acceptors (Lipinski definition) is 17. The Hall–Kier alpha value is -7.80. The van der Waals surface area contributed by atoms with Crippen LogP contribution in [0.5, 0.6) is 0 Å². The quantitative estimate of drug-likeness (QED) is 0.0279. The lowest BCUT2D eigenvalue weighted by molar-refractivity contribution is -0.144. The van der Waals surface area contributed by atoms with E-state index in [1.165, 1.54) is 31.3 Å². The van der Waals surface area contributed by atoms with Crippen molar-refractivity contribution in [2.24, 2.45) is 46.6 Å². The summed E-state index contributed by atoms with van der Waals surface area (Å²) >= 11 is 0. The molecule has 2 rings (SSSR count). The van der Waals surface area contributed by atoms with Crippen LogP contribution in [0.2, 0.25) is 0 Å². The average molecular weight is 1220 g/mol. The summed E-state index contributed by atoms with van der Waals surface area (Å²) in [6, 6.07) is -15.1. The molecule has 0 saturated carbocycles. The van der Waals surface area contributed by atoms with Crippen molar-refractivity contribution in [3.8, 4) is 0 Å². The number of aromatic nitrogens is 2. The lowest BCUT2D eigenvalue weighted by atomic mass is 9.96. The van der Waals surface area contributed by atoms with E-state index in [0.29, 0.717) is 37.9 Å². The SMILES string of the molecule is CC[C@H](C)[C@H](NC(=O)[C@H](CCC(N)=O)NC(=O)[C@H](Cc1cnc[nH]1)NC(=O)[C@H](C)NC(=O)[C@H](CC(N)=O)NC(=O)[C@@H](NC(=O)[C@@H](N)[C@@H](C)O)C(C)C)C(=O)N[C@@H](CC(C)C)C(=O)N1CCC[C@H]1C(=O)N[C@@H](CCCCN)C(=O)N[C@H](C(=O)O)C(C)C. The number of unbranched alkanes of at least 4 members (excludes halogenated alkanes) is 1. The number of nitrogens with zero attached hydrogens (tertiary/aromatic N) is 2. The number of rotatable bonds is 38. The molecule has 0 unspecified atom stereocenters. The zero-order valence-corrected chi connectivity index (χ0v) is 51.0. The number of H-pyrrole nitrogens is 1. The topological polar surface area (TPSA) is 507 Å². The third-order valence-electron chi connectivity index (χ3n) is 14.5. The molecule has 1 aliphatic rings. The predicted molar refractivity (Wildman–Crippen MR) is 311 cm³/mol. The molecule has 0 radical (unpaired) electrons. The number of likely N-dealkylation sites (tertiary alicyclic amines) is 1. The van der Waals surface area contributed by atoms with Crippen LogP contribution in [-0.4, -0.2) is 188 Å². The number of amides is 12. The first kappa shape index (κ1) is 74.3. The molecule has 31 heteroatoms. The number of primary amides is 2. The maximum absolute atomic E-state index is 14.6. The molecule has 86 heavy (non-hydrogen) atoms. The van der Waals surface area contributed by atoms with Crippen LogP contribution in [0.25, 0.3) is 0 Å². The van der Waals surface area contributed by atoms with E-state index >= 15 is 0 Å². The van der Waals surface area contributed by atoms with Crippen LogP contribution in [0, 0.1) is 23.7 Å². The van der Waals surface area contributed by atoms with Crippen LogP contribution in [-0.2, 0) is 68.7 Å². The molecule has 1 aliphatic heterocycles. The lowest BCUT2D eigenvalue weighted by Gasteiger charge is -2.32. The Labute approximate surface area is 501 Å².